The van der Waals surface area contributed by atoms with Gasteiger partial charge < -0.3 is 10.1 Å². The minimum atomic E-state index is -0.224. The molecule has 1 heterocycles. The molecule has 0 spiro atoms. The van der Waals surface area contributed by atoms with Gasteiger partial charge in [0.1, 0.15) is 6.04 Å². The van der Waals surface area contributed by atoms with Crippen LogP contribution in [-0.4, -0.2) is 48.7 Å². The highest BCUT2D eigenvalue weighted by Gasteiger charge is 2.35. The summed E-state index contributed by atoms with van der Waals surface area (Å²) in [7, 11) is 0. The van der Waals surface area contributed by atoms with E-state index in [0.717, 1.165) is 25.8 Å². The number of hydrogen-bond donors (Lipinski definition) is 1. The number of morpholine rings is 1. The summed E-state index contributed by atoms with van der Waals surface area (Å²) in [6.07, 6.45) is 3.55. The third-order valence-electron chi connectivity index (χ3n) is 3.66. The lowest BCUT2D eigenvalue weighted by Crippen LogP contribution is -2.57. The normalized spacial score (nSPS) is 26.3. The first kappa shape index (κ1) is 13.3. The quantitative estimate of drug-likeness (QED) is 0.779. The molecule has 5 nitrogen and oxygen atoms in total. The second-order valence-electron chi connectivity index (χ2n) is 5.04. The summed E-state index contributed by atoms with van der Waals surface area (Å²) in [4.78, 5) is 14.3. The molecule has 2 aliphatic rings. The van der Waals surface area contributed by atoms with Gasteiger partial charge in [0.15, 0.2) is 0 Å². The molecule has 5 heteroatoms. The summed E-state index contributed by atoms with van der Waals surface area (Å²) in [6.45, 7) is 3.89. The SMILES string of the molecule is CCC(CC#N)N1CCOCC1C(=O)NC1CC1. The summed E-state index contributed by atoms with van der Waals surface area (Å²) in [6, 6.07) is 2.52. The molecule has 0 bridgehead atoms. The van der Waals surface area contributed by atoms with Crippen LogP contribution in [0.2, 0.25) is 0 Å². The number of hydrogen-bond acceptors (Lipinski definition) is 4. The third-order valence-corrected chi connectivity index (χ3v) is 3.66. The van der Waals surface area contributed by atoms with E-state index >= 15 is 0 Å². The Hall–Kier alpha value is -1.12. The monoisotopic (exact) mass is 251 g/mol. The Bertz CT molecular complexity index is 336. The molecule has 0 aromatic rings. The number of carbonyl (C=O) groups is 1. The fourth-order valence-corrected chi connectivity index (χ4v) is 2.41. The molecule has 1 aliphatic heterocycles. The first-order chi connectivity index (χ1) is 8.76. The fourth-order valence-electron chi connectivity index (χ4n) is 2.41. The molecule has 0 aromatic carbocycles. The molecule has 2 atom stereocenters. The summed E-state index contributed by atoms with van der Waals surface area (Å²) < 4.78 is 5.42. The second kappa shape index (κ2) is 6.17. The maximum absolute atomic E-state index is 12.2. The summed E-state index contributed by atoms with van der Waals surface area (Å²) in [5, 5.41) is 11.9. The first-order valence-corrected chi connectivity index (χ1v) is 6.77. The number of rotatable bonds is 5. The van der Waals surface area contributed by atoms with Gasteiger partial charge in [0.25, 0.3) is 0 Å². The number of ether oxygens (including phenoxy) is 1. The summed E-state index contributed by atoms with van der Waals surface area (Å²) >= 11 is 0. The third kappa shape index (κ3) is 3.21. The molecule has 0 radical (unpaired) electrons. The minimum Gasteiger partial charge on any atom is -0.378 e. The van der Waals surface area contributed by atoms with Crippen molar-refractivity contribution in [2.75, 3.05) is 19.8 Å². The van der Waals surface area contributed by atoms with Crippen LogP contribution in [0.3, 0.4) is 0 Å². The van der Waals surface area contributed by atoms with Gasteiger partial charge in [-0.05, 0) is 19.3 Å². The van der Waals surface area contributed by atoms with E-state index in [4.69, 9.17) is 10.00 Å². The van der Waals surface area contributed by atoms with E-state index in [-0.39, 0.29) is 18.0 Å². The van der Waals surface area contributed by atoms with Crippen LogP contribution in [0.15, 0.2) is 0 Å². The zero-order chi connectivity index (χ0) is 13.0. The van der Waals surface area contributed by atoms with Crippen molar-refractivity contribution in [3.05, 3.63) is 0 Å². The van der Waals surface area contributed by atoms with E-state index in [0.29, 0.717) is 25.7 Å². The van der Waals surface area contributed by atoms with Crippen LogP contribution in [0.25, 0.3) is 0 Å². The zero-order valence-electron chi connectivity index (χ0n) is 10.9. The first-order valence-electron chi connectivity index (χ1n) is 6.77. The van der Waals surface area contributed by atoms with Crippen LogP contribution in [0.5, 0.6) is 0 Å². The predicted octanol–water partition coefficient (Wildman–Crippen LogP) is 0.658. The van der Waals surface area contributed by atoms with Gasteiger partial charge in [-0.1, -0.05) is 6.92 Å². The number of nitrogens with one attached hydrogen (secondary N) is 1. The van der Waals surface area contributed by atoms with Crippen LogP contribution in [0.4, 0.5) is 0 Å². The molecular formula is C13H21N3O2. The lowest BCUT2D eigenvalue weighted by Gasteiger charge is -2.39. The average molecular weight is 251 g/mol. The summed E-state index contributed by atoms with van der Waals surface area (Å²) in [5.41, 5.74) is 0. The zero-order valence-corrected chi connectivity index (χ0v) is 10.9. The Kier molecular flexibility index (Phi) is 4.56. The van der Waals surface area contributed by atoms with Gasteiger partial charge >= 0.3 is 0 Å². The van der Waals surface area contributed by atoms with Crippen molar-refractivity contribution in [1.82, 2.24) is 10.2 Å². The Morgan fingerprint density at radius 3 is 3.00 bits per heavy atom. The topological polar surface area (TPSA) is 65.4 Å². The van der Waals surface area contributed by atoms with Crippen molar-refractivity contribution in [3.8, 4) is 6.07 Å². The highest BCUT2D eigenvalue weighted by Crippen LogP contribution is 2.21. The maximum Gasteiger partial charge on any atom is 0.239 e. The summed E-state index contributed by atoms with van der Waals surface area (Å²) in [5.74, 6) is 0.0635. The van der Waals surface area contributed by atoms with Gasteiger partial charge in [-0.25, -0.2) is 0 Å². The van der Waals surface area contributed by atoms with E-state index in [1.165, 1.54) is 0 Å². The van der Waals surface area contributed by atoms with Gasteiger partial charge in [-0.15, -0.1) is 0 Å². The van der Waals surface area contributed by atoms with E-state index in [1.54, 1.807) is 0 Å². The predicted molar refractivity (Wildman–Crippen MR) is 66.8 cm³/mol. The maximum atomic E-state index is 12.2. The van der Waals surface area contributed by atoms with E-state index in [1.807, 2.05) is 0 Å². The number of nitrogens with zero attached hydrogens (tertiary/aromatic N) is 2. The molecule has 1 saturated heterocycles. The largest absolute Gasteiger partial charge is 0.378 e. The molecule has 100 valence electrons. The molecule has 1 N–H and O–H groups in total. The van der Waals surface area contributed by atoms with Crippen molar-refractivity contribution in [2.24, 2.45) is 0 Å². The number of nitriles is 1. The van der Waals surface area contributed by atoms with Crippen molar-refractivity contribution in [1.29, 1.82) is 5.26 Å². The van der Waals surface area contributed by atoms with Crippen molar-refractivity contribution >= 4 is 5.91 Å². The van der Waals surface area contributed by atoms with E-state index in [2.05, 4.69) is 23.2 Å². The highest BCUT2D eigenvalue weighted by molar-refractivity contribution is 5.82. The second-order valence-corrected chi connectivity index (χ2v) is 5.04. The van der Waals surface area contributed by atoms with Crippen molar-refractivity contribution < 1.29 is 9.53 Å². The lowest BCUT2D eigenvalue weighted by atomic mass is 10.1. The Morgan fingerprint density at radius 2 is 2.39 bits per heavy atom. The van der Waals surface area contributed by atoms with Crippen molar-refractivity contribution in [3.63, 3.8) is 0 Å². The average Bonchev–Trinajstić information content (AvgIpc) is 3.20. The molecule has 2 fully saturated rings. The minimum absolute atomic E-state index is 0.0635. The molecule has 1 saturated carbocycles. The molecular weight excluding hydrogens is 230 g/mol. The smallest absolute Gasteiger partial charge is 0.239 e. The molecule has 2 rings (SSSR count). The van der Waals surface area contributed by atoms with Crippen LogP contribution < -0.4 is 5.32 Å². The van der Waals surface area contributed by atoms with Gasteiger partial charge in [0.2, 0.25) is 5.91 Å². The van der Waals surface area contributed by atoms with Crippen LogP contribution in [0.1, 0.15) is 32.6 Å². The lowest BCUT2D eigenvalue weighted by molar-refractivity contribution is -0.134. The van der Waals surface area contributed by atoms with E-state index < -0.39 is 0 Å². The Labute approximate surface area is 108 Å². The fraction of sp³-hybridized carbons (Fsp3) is 0.846. The van der Waals surface area contributed by atoms with Gasteiger partial charge in [0.05, 0.1) is 25.7 Å². The van der Waals surface area contributed by atoms with Crippen molar-refractivity contribution in [2.45, 2.75) is 50.7 Å². The molecule has 0 aromatic heterocycles. The molecule has 1 aliphatic carbocycles. The van der Waals surface area contributed by atoms with Crippen LogP contribution in [0, 0.1) is 11.3 Å². The number of amides is 1. The van der Waals surface area contributed by atoms with Gasteiger partial charge in [-0.2, -0.15) is 5.26 Å². The molecule has 18 heavy (non-hydrogen) atoms. The van der Waals surface area contributed by atoms with Crippen LogP contribution in [-0.2, 0) is 9.53 Å². The van der Waals surface area contributed by atoms with Crippen LogP contribution >= 0.6 is 0 Å². The van der Waals surface area contributed by atoms with E-state index in [9.17, 15) is 4.79 Å². The molecule has 1 amide bonds. The Balaban J connectivity index is 1.99. The molecule has 2 unspecified atom stereocenters. The Morgan fingerprint density at radius 1 is 1.61 bits per heavy atom. The highest BCUT2D eigenvalue weighted by atomic mass is 16.5. The van der Waals surface area contributed by atoms with Gasteiger partial charge in [-0.3, -0.25) is 9.69 Å². The van der Waals surface area contributed by atoms with Gasteiger partial charge in [0, 0.05) is 18.6 Å². The standard InChI is InChI=1S/C13H21N3O2/c1-2-11(5-6-14)16-7-8-18-9-12(16)13(17)15-10-3-4-10/h10-12H,2-5,7-9H2,1H3,(H,15,17). The number of carbonyl (C=O) groups excluding carboxylic acids is 1.